The molecule has 0 amide bonds. The summed E-state index contributed by atoms with van der Waals surface area (Å²) in [6.07, 6.45) is 7.45. The van der Waals surface area contributed by atoms with Crippen LogP contribution in [0.15, 0.2) is 35.1 Å². The van der Waals surface area contributed by atoms with E-state index in [0.29, 0.717) is 24.3 Å². The highest BCUT2D eigenvalue weighted by Crippen LogP contribution is 2.30. The van der Waals surface area contributed by atoms with Gasteiger partial charge in [0.2, 0.25) is 0 Å². The summed E-state index contributed by atoms with van der Waals surface area (Å²) in [5, 5.41) is 3.44. The minimum Gasteiger partial charge on any atom is -0.459 e. The third-order valence-electron chi connectivity index (χ3n) is 6.61. The van der Waals surface area contributed by atoms with Crippen LogP contribution in [0, 0.1) is 6.92 Å². The molecule has 2 aliphatic rings. The molecule has 0 unspecified atom stereocenters. The van der Waals surface area contributed by atoms with Crippen molar-refractivity contribution in [2.24, 2.45) is 0 Å². The van der Waals surface area contributed by atoms with Crippen molar-refractivity contribution in [1.82, 2.24) is 14.5 Å². The number of hydrogen-bond donors (Lipinski definition) is 1. The van der Waals surface area contributed by atoms with Gasteiger partial charge in [0.25, 0.3) is 5.56 Å². The van der Waals surface area contributed by atoms with E-state index in [1.54, 1.807) is 6.92 Å². The molecule has 0 bridgehead atoms. The number of anilines is 1. The van der Waals surface area contributed by atoms with Crippen LogP contribution in [0.3, 0.4) is 0 Å². The maximum atomic E-state index is 13.1. The lowest BCUT2D eigenvalue weighted by Crippen LogP contribution is -2.42. The highest BCUT2D eigenvalue weighted by atomic mass is 35.5. The van der Waals surface area contributed by atoms with Gasteiger partial charge in [0, 0.05) is 18.6 Å². The Morgan fingerprint density at radius 3 is 2.69 bits per heavy atom. The minimum atomic E-state index is -0.490. The molecule has 4 rings (SSSR count). The fourth-order valence-electron chi connectivity index (χ4n) is 4.85. The first kappa shape index (κ1) is 22.8. The van der Waals surface area contributed by atoms with Crippen LogP contribution in [0.1, 0.15) is 49.8 Å². The average molecular weight is 459 g/mol. The number of carbonyl (C=O) groups is 1. The molecule has 0 spiro atoms. The summed E-state index contributed by atoms with van der Waals surface area (Å²) < 4.78 is 6.69. The van der Waals surface area contributed by atoms with Gasteiger partial charge in [-0.25, -0.2) is 4.98 Å². The van der Waals surface area contributed by atoms with E-state index in [9.17, 15) is 9.59 Å². The lowest BCUT2D eigenvalue weighted by Gasteiger charge is -2.30. The third kappa shape index (κ3) is 5.33. The molecule has 1 N–H and O–H groups in total. The van der Waals surface area contributed by atoms with Crippen molar-refractivity contribution in [2.45, 2.75) is 70.7 Å². The molecule has 1 aromatic heterocycles. The van der Waals surface area contributed by atoms with Crippen molar-refractivity contribution in [2.75, 3.05) is 18.4 Å². The molecule has 1 aliphatic heterocycles. The van der Waals surface area contributed by atoms with Crippen LogP contribution in [0.2, 0.25) is 5.15 Å². The Balaban J connectivity index is 1.41. The third-order valence-corrected chi connectivity index (χ3v) is 6.97. The molecule has 1 aromatic carbocycles. The molecule has 0 radical (unpaired) electrons. The summed E-state index contributed by atoms with van der Waals surface area (Å²) in [7, 11) is 0. The summed E-state index contributed by atoms with van der Waals surface area (Å²) in [4.78, 5) is 32.3. The first-order chi connectivity index (χ1) is 15.5. The van der Waals surface area contributed by atoms with Gasteiger partial charge in [-0.05, 0) is 44.7 Å². The Bertz CT molecular complexity index is 989. The molecule has 8 heteroatoms. The van der Waals surface area contributed by atoms with Crippen LogP contribution < -0.4 is 10.9 Å². The SMILES string of the molecule is Cc1c(Cl)nc(NC[C@H]2CCCN2C2CCCC2)c(=O)n1CC(=O)OCc1ccccc1. The number of aromatic nitrogens is 2. The van der Waals surface area contributed by atoms with Gasteiger partial charge < -0.3 is 10.1 Å². The fraction of sp³-hybridized carbons (Fsp3) is 0.542. The van der Waals surface area contributed by atoms with Crippen molar-refractivity contribution in [3.8, 4) is 0 Å². The number of hydrogen-bond acceptors (Lipinski definition) is 6. The molecule has 2 aromatic rings. The normalized spacial score (nSPS) is 19.4. The van der Waals surface area contributed by atoms with E-state index in [4.69, 9.17) is 16.3 Å². The Hall–Kier alpha value is -2.38. The Kier molecular flexibility index (Phi) is 7.48. The number of halogens is 1. The second-order valence-corrected chi connectivity index (χ2v) is 9.09. The fourth-order valence-corrected chi connectivity index (χ4v) is 5.03. The zero-order valence-corrected chi connectivity index (χ0v) is 19.3. The molecule has 2 fully saturated rings. The molecule has 1 atom stereocenters. The largest absolute Gasteiger partial charge is 0.459 e. The van der Waals surface area contributed by atoms with Crippen LogP contribution in [0.4, 0.5) is 5.82 Å². The van der Waals surface area contributed by atoms with Crippen molar-refractivity contribution in [3.63, 3.8) is 0 Å². The van der Waals surface area contributed by atoms with E-state index in [0.717, 1.165) is 18.5 Å². The standard InChI is InChI=1S/C24H31ClN4O3/c1-17-22(25)27-23(26-14-20-12-7-13-28(20)19-10-5-6-11-19)24(31)29(17)15-21(30)32-16-18-8-3-2-4-9-18/h2-4,8-9,19-20H,5-7,10-16H2,1H3,(H,26,27)/t20-/m1/s1. The first-order valence-electron chi connectivity index (χ1n) is 11.5. The number of rotatable bonds is 8. The average Bonchev–Trinajstić information content (AvgIpc) is 3.49. The van der Waals surface area contributed by atoms with Crippen molar-refractivity contribution < 1.29 is 9.53 Å². The van der Waals surface area contributed by atoms with Crippen LogP contribution in [-0.4, -0.2) is 45.6 Å². The Labute approximate surface area is 193 Å². The van der Waals surface area contributed by atoms with E-state index in [2.05, 4.69) is 15.2 Å². The number of nitrogens with zero attached hydrogens (tertiary/aromatic N) is 3. The Morgan fingerprint density at radius 2 is 1.94 bits per heavy atom. The maximum Gasteiger partial charge on any atom is 0.326 e. The number of esters is 1. The number of ether oxygens (including phenoxy) is 1. The monoisotopic (exact) mass is 458 g/mol. The second kappa shape index (κ2) is 10.5. The smallest absolute Gasteiger partial charge is 0.326 e. The number of benzene rings is 1. The van der Waals surface area contributed by atoms with E-state index < -0.39 is 5.97 Å². The zero-order valence-electron chi connectivity index (χ0n) is 18.6. The van der Waals surface area contributed by atoms with Gasteiger partial charge in [-0.15, -0.1) is 0 Å². The van der Waals surface area contributed by atoms with Gasteiger partial charge in [0.1, 0.15) is 13.2 Å². The lowest BCUT2D eigenvalue weighted by atomic mass is 10.1. The molecular formula is C24H31ClN4O3. The second-order valence-electron chi connectivity index (χ2n) is 8.73. The molecule has 172 valence electrons. The van der Waals surface area contributed by atoms with Crippen molar-refractivity contribution in [3.05, 3.63) is 57.1 Å². The predicted molar refractivity (Wildman–Crippen MR) is 125 cm³/mol. The van der Waals surface area contributed by atoms with Gasteiger partial charge in [-0.2, -0.15) is 0 Å². The van der Waals surface area contributed by atoms with Crippen LogP contribution in [-0.2, 0) is 22.7 Å². The highest BCUT2D eigenvalue weighted by molar-refractivity contribution is 6.30. The number of likely N-dealkylation sites (tertiary alicyclic amines) is 1. The van der Waals surface area contributed by atoms with E-state index in [1.807, 2.05) is 30.3 Å². The van der Waals surface area contributed by atoms with Crippen molar-refractivity contribution >= 4 is 23.4 Å². The van der Waals surface area contributed by atoms with Gasteiger partial charge in [0.05, 0.1) is 5.69 Å². The van der Waals surface area contributed by atoms with Gasteiger partial charge >= 0.3 is 5.97 Å². The summed E-state index contributed by atoms with van der Waals surface area (Å²) in [5.74, 6) is -0.301. The quantitative estimate of drug-likeness (QED) is 0.607. The molecule has 1 saturated carbocycles. The molecule has 2 heterocycles. The van der Waals surface area contributed by atoms with E-state index in [1.165, 1.54) is 36.7 Å². The van der Waals surface area contributed by atoms with Gasteiger partial charge in [-0.3, -0.25) is 19.1 Å². The lowest BCUT2D eigenvalue weighted by molar-refractivity contribution is -0.145. The summed E-state index contributed by atoms with van der Waals surface area (Å²) in [5.41, 5.74) is 0.990. The Morgan fingerprint density at radius 1 is 1.19 bits per heavy atom. The maximum absolute atomic E-state index is 13.1. The van der Waals surface area contributed by atoms with Crippen molar-refractivity contribution in [1.29, 1.82) is 0 Å². The van der Waals surface area contributed by atoms with E-state index >= 15 is 0 Å². The van der Waals surface area contributed by atoms with E-state index in [-0.39, 0.29) is 29.7 Å². The first-order valence-corrected chi connectivity index (χ1v) is 11.9. The summed E-state index contributed by atoms with van der Waals surface area (Å²) in [6, 6.07) is 10.5. The molecule has 32 heavy (non-hydrogen) atoms. The molecule has 7 nitrogen and oxygen atoms in total. The minimum absolute atomic E-state index is 0.163. The molecule has 1 saturated heterocycles. The zero-order chi connectivity index (χ0) is 22.5. The summed E-state index contributed by atoms with van der Waals surface area (Å²) in [6.45, 7) is 3.42. The van der Waals surface area contributed by atoms with Gasteiger partial charge in [0.15, 0.2) is 11.0 Å². The topological polar surface area (TPSA) is 76.5 Å². The highest BCUT2D eigenvalue weighted by Gasteiger charge is 2.32. The summed E-state index contributed by atoms with van der Waals surface area (Å²) >= 11 is 6.30. The van der Waals surface area contributed by atoms with Gasteiger partial charge in [-0.1, -0.05) is 54.8 Å². The van der Waals surface area contributed by atoms with Crippen LogP contribution >= 0.6 is 11.6 Å². The van der Waals surface area contributed by atoms with Crippen LogP contribution in [0.5, 0.6) is 0 Å². The molecular weight excluding hydrogens is 428 g/mol. The predicted octanol–water partition coefficient (Wildman–Crippen LogP) is 3.77. The number of carbonyl (C=O) groups excluding carboxylic acids is 1. The van der Waals surface area contributed by atoms with Crippen LogP contribution in [0.25, 0.3) is 0 Å². The number of nitrogens with one attached hydrogen (secondary N) is 1. The molecule has 1 aliphatic carbocycles.